The molecule has 0 aliphatic heterocycles. The minimum Gasteiger partial charge on any atom is -0.478 e. The van der Waals surface area contributed by atoms with Crippen LogP contribution in [0, 0.1) is 0 Å². The number of anilines is 1. The lowest BCUT2D eigenvalue weighted by Crippen LogP contribution is -2.25. The highest BCUT2D eigenvalue weighted by Crippen LogP contribution is 2.20. The molecule has 3 N–H and O–H groups in total. The van der Waals surface area contributed by atoms with E-state index >= 15 is 0 Å². The first-order valence-electron chi connectivity index (χ1n) is 5.52. The lowest BCUT2D eigenvalue weighted by atomic mass is 10.1. The number of aromatic nitrogens is 1. The third-order valence-corrected chi connectivity index (χ3v) is 2.62. The Hall–Kier alpha value is -1.82. The Kier molecular flexibility index (Phi) is 4.49. The van der Waals surface area contributed by atoms with E-state index in [0.29, 0.717) is 13.0 Å². The topological polar surface area (TPSA) is 94.7 Å². The van der Waals surface area contributed by atoms with Crippen molar-refractivity contribution in [3.63, 3.8) is 0 Å². The van der Waals surface area contributed by atoms with Crippen LogP contribution < -0.4 is 10.5 Å². The van der Waals surface area contributed by atoms with Crippen molar-refractivity contribution in [2.45, 2.75) is 25.9 Å². The molecule has 0 saturated carbocycles. The van der Waals surface area contributed by atoms with Gasteiger partial charge in [0.15, 0.2) is 0 Å². The van der Waals surface area contributed by atoms with Crippen LogP contribution in [0.5, 0.6) is 5.88 Å². The van der Waals surface area contributed by atoms with Crippen LogP contribution in [0.2, 0.25) is 0 Å². The Morgan fingerprint density at radius 2 is 2.22 bits per heavy atom. The summed E-state index contributed by atoms with van der Waals surface area (Å²) in [5.41, 5.74) is 5.63. The Bertz CT molecular complexity index is 432. The van der Waals surface area contributed by atoms with Gasteiger partial charge in [0.25, 0.3) is 0 Å². The number of methoxy groups -OCH3 is 1. The van der Waals surface area contributed by atoms with Crippen molar-refractivity contribution < 1.29 is 19.4 Å². The van der Waals surface area contributed by atoms with Gasteiger partial charge in [0.2, 0.25) is 5.88 Å². The molecule has 1 aromatic heterocycles. The van der Waals surface area contributed by atoms with Crippen LogP contribution in [0.25, 0.3) is 0 Å². The maximum Gasteiger partial charge on any atom is 0.337 e. The minimum absolute atomic E-state index is 0.0390. The number of ether oxygens (including phenoxy) is 2. The zero-order chi connectivity index (χ0) is 13.8. The summed E-state index contributed by atoms with van der Waals surface area (Å²) in [6.07, 6.45) is 1.89. The SMILES string of the molecule is COC(C)(C)CCOc1ncc(C(=O)O)cc1N. The highest BCUT2D eigenvalue weighted by Gasteiger charge is 2.17. The van der Waals surface area contributed by atoms with Gasteiger partial charge in [-0.05, 0) is 19.9 Å². The molecule has 6 nitrogen and oxygen atoms in total. The number of rotatable bonds is 6. The molecule has 0 atom stereocenters. The van der Waals surface area contributed by atoms with Gasteiger partial charge in [-0.2, -0.15) is 0 Å². The molecule has 100 valence electrons. The highest BCUT2D eigenvalue weighted by molar-refractivity contribution is 5.88. The van der Waals surface area contributed by atoms with E-state index in [1.807, 2.05) is 13.8 Å². The molecule has 0 aromatic carbocycles. The van der Waals surface area contributed by atoms with Gasteiger partial charge in [0.05, 0.1) is 23.5 Å². The fourth-order valence-corrected chi connectivity index (χ4v) is 1.20. The standard InChI is InChI=1S/C12H18N2O4/c1-12(2,17-3)4-5-18-10-9(13)6-8(7-14-10)11(15)16/h6-7H,4-5,13H2,1-3H3,(H,15,16). The van der Waals surface area contributed by atoms with Crippen molar-refractivity contribution in [1.29, 1.82) is 0 Å². The molecule has 1 aromatic rings. The van der Waals surface area contributed by atoms with Gasteiger partial charge >= 0.3 is 5.97 Å². The molecule has 0 aliphatic rings. The van der Waals surface area contributed by atoms with Crippen LogP contribution >= 0.6 is 0 Å². The molecule has 1 heterocycles. The van der Waals surface area contributed by atoms with Gasteiger partial charge in [-0.25, -0.2) is 9.78 Å². The Balaban J connectivity index is 2.61. The number of aromatic carboxylic acids is 1. The summed E-state index contributed by atoms with van der Waals surface area (Å²) in [7, 11) is 1.63. The van der Waals surface area contributed by atoms with Crippen LogP contribution in [-0.4, -0.2) is 35.4 Å². The molecule has 0 radical (unpaired) electrons. The van der Waals surface area contributed by atoms with Gasteiger partial charge in [-0.15, -0.1) is 0 Å². The second kappa shape index (κ2) is 5.68. The normalized spacial score (nSPS) is 11.3. The van der Waals surface area contributed by atoms with Gasteiger partial charge in [-0.1, -0.05) is 0 Å². The largest absolute Gasteiger partial charge is 0.478 e. The molecule has 0 unspecified atom stereocenters. The van der Waals surface area contributed by atoms with E-state index in [1.54, 1.807) is 7.11 Å². The Morgan fingerprint density at radius 1 is 1.56 bits per heavy atom. The van der Waals surface area contributed by atoms with Crippen LogP contribution in [0.1, 0.15) is 30.6 Å². The average Bonchev–Trinajstić information content (AvgIpc) is 2.31. The average molecular weight is 254 g/mol. The van der Waals surface area contributed by atoms with Gasteiger partial charge in [0.1, 0.15) is 0 Å². The second-order valence-corrected chi connectivity index (χ2v) is 4.49. The zero-order valence-corrected chi connectivity index (χ0v) is 10.8. The third-order valence-electron chi connectivity index (χ3n) is 2.62. The van der Waals surface area contributed by atoms with E-state index in [2.05, 4.69) is 4.98 Å². The summed E-state index contributed by atoms with van der Waals surface area (Å²) >= 11 is 0. The molecular weight excluding hydrogens is 236 g/mol. The fourth-order valence-electron chi connectivity index (χ4n) is 1.20. The second-order valence-electron chi connectivity index (χ2n) is 4.49. The lowest BCUT2D eigenvalue weighted by Gasteiger charge is -2.22. The van der Waals surface area contributed by atoms with Crippen LogP contribution in [0.15, 0.2) is 12.3 Å². The third kappa shape index (κ3) is 3.89. The van der Waals surface area contributed by atoms with Gasteiger partial charge in [-0.3, -0.25) is 0 Å². The molecule has 0 amide bonds. The first-order chi connectivity index (χ1) is 8.35. The van der Waals surface area contributed by atoms with Crippen molar-refractivity contribution in [1.82, 2.24) is 4.98 Å². The van der Waals surface area contributed by atoms with Crippen LogP contribution in [0.4, 0.5) is 5.69 Å². The van der Waals surface area contributed by atoms with E-state index in [-0.39, 0.29) is 22.7 Å². The summed E-state index contributed by atoms with van der Waals surface area (Å²) in [6.45, 7) is 4.28. The van der Waals surface area contributed by atoms with Crippen molar-refractivity contribution in [3.05, 3.63) is 17.8 Å². The fraction of sp³-hybridized carbons (Fsp3) is 0.500. The molecule has 0 aliphatic carbocycles. The number of pyridine rings is 1. The molecule has 0 saturated heterocycles. The number of nitrogens with zero attached hydrogens (tertiary/aromatic N) is 1. The summed E-state index contributed by atoms with van der Waals surface area (Å²) < 4.78 is 10.6. The van der Waals surface area contributed by atoms with Crippen LogP contribution in [-0.2, 0) is 4.74 Å². The zero-order valence-electron chi connectivity index (χ0n) is 10.8. The summed E-state index contributed by atoms with van der Waals surface area (Å²) in [6, 6.07) is 1.33. The predicted molar refractivity (Wildman–Crippen MR) is 66.8 cm³/mol. The molecule has 0 spiro atoms. The van der Waals surface area contributed by atoms with E-state index in [1.165, 1.54) is 12.3 Å². The van der Waals surface area contributed by atoms with Gasteiger partial charge in [0, 0.05) is 19.7 Å². The minimum atomic E-state index is -1.07. The summed E-state index contributed by atoms with van der Waals surface area (Å²) in [4.78, 5) is 14.6. The quantitative estimate of drug-likeness (QED) is 0.799. The highest BCUT2D eigenvalue weighted by atomic mass is 16.5. The molecule has 6 heteroatoms. The number of nitrogens with two attached hydrogens (primary N) is 1. The van der Waals surface area contributed by atoms with E-state index in [0.717, 1.165) is 0 Å². The Morgan fingerprint density at radius 3 is 2.72 bits per heavy atom. The van der Waals surface area contributed by atoms with Crippen molar-refractivity contribution in [2.75, 3.05) is 19.5 Å². The maximum atomic E-state index is 10.7. The summed E-state index contributed by atoms with van der Waals surface area (Å²) in [5, 5.41) is 8.76. The molecule has 0 fully saturated rings. The molecule has 0 bridgehead atoms. The van der Waals surface area contributed by atoms with Gasteiger partial charge < -0.3 is 20.3 Å². The molecule has 1 rings (SSSR count). The van der Waals surface area contributed by atoms with E-state index in [4.69, 9.17) is 20.3 Å². The van der Waals surface area contributed by atoms with Crippen LogP contribution in [0.3, 0.4) is 0 Å². The van der Waals surface area contributed by atoms with Crippen molar-refractivity contribution >= 4 is 11.7 Å². The van der Waals surface area contributed by atoms with E-state index in [9.17, 15) is 4.79 Å². The lowest BCUT2D eigenvalue weighted by molar-refractivity contribution is 0.00515. The first kappa shape index (κ1) is 14.2. The number of carboxylic acid groups (broad SMARTS) is 1. The molecule has 18 heavy (non-hydrogen) atoms. The first-order valence-corrected chi connectivity index (χ1v) is 5.52. The monoisotopic (exact) mass is 254 g/mol. The molecular formula is C12H18N2O4. The van der Waals surface area contributed by atoms with E-state index < -0.39 is 5.97 Å². The number of carbonyl (C=O) groups is 1. The van der Waals surface area contributed by atoms with Crippen molar-refractivity contribution in [2.24, 2.45) is 0 Å². The Labute approximate surface area is 106 Å². The number of carboxylic acids is 1. The predicted octanol–water partition coefficient (Wildman–Crippen LogP) is 1.56. The number of hydrogen-bond donors (Lipinski definition) is 2. The smallest absolute Gasteiger partial charge is 0.337 e. The number of hydrogen-bond acceptors (Lipinski definition) is 5. The number of nitrogen functional groups attached to an aromatic ring is 1. The van der Waals surface area contributed by atoms with Crippen molar-refractivity contribution in [3.8, 4) is 5.88 Å². The summed E-state index contributed by atoms with van der Waals surface area (Å²) in [5.74, 6) is -0.826. The maximum absolute atomic E-state index is 10.7.